The molecule has 0 aliphatic carbocycles. The Bertz CT molecular complexity index is 988. The average molecular weight is 322 g/mol. The molecule has 0 spiro atoms. The quantitative estimate of drug-likeness (QED) is 0.573. The van der Waals surface area contributed by atoms with Gasteiger partial charge in [0.05, 0.1) is 23.8 Å². The van der Waals surface area contributed by atoms with Gasteiger partial charge in [-0.15, -0.1) is 0 Å². The maximum absolute atomic E-state index is 13.0. The maximum atomic E-state index is 13.0. The van der Waals surface area contributed by atoms with E-state index in [0.717, 1.165) is 28.7 Å². The maximum Gasteiger partial charge on any atom is 0.231 e. The first-order valence-electron chi connectivity index (χ1n) is 7.75. The van der Waals surface area contributed by atoms with Crippen LogP contribution in [0.5, 0.6) is 0 Å². The van der Waals surface area contributed by atoms with Gasteiger partial charge in [-0.3, -0.25) is 0 Å². The van der Waals surface area contributed by atoms with E-state index >= 15 is 0 Å². The molecule has 0 saturated carbocycles. The second kappa shape index (κ2) is 5.88. The summed E-state index contributed by atoms with van der Waals surface area (Å²) < 4.78 is 20.3. The van der Waals surface area contributed by atoms with Crippen LogP contribution in [0.25, 0.3) is 22.4 Å². The molecule has 0 aliphatic rings. The van der Waals surface area contributed by atoms with Crippen molar-refractivity contribution >= 4 is 11.0 Å². The number of benzene rings is 2. The molecule has 0 N–H and O–H groups in total. The van der Waals surface area contributed by atoms with Gasteiger partial charge in [-0.25, -0.2) is 9.37 Å². The molecule has 24 heavy (non-hydrogen) atoms. The highest BCUT2D eigenvalue weighted by Gasteiger charge is 2.11. The molecule has 2 aromatic carbocycles. The van der Waals surface area contributed by atoms with Crippen LogP contribution in [-0.2, 0) is 13.0 Å². The van der Waals surface area contributed by atoms with Crippen LogP contribution in [0.2, 0.25) is 0 Å². The topological polar surface area (TPSA) is 56.7 Å². The molecule has 2 heterocycles. The molecule has 0 fully saturated rings. The van der Waals surface area contributed by atoms with Crippen LogP contribution in [0.4, 0.5) is 4.39 Å². The molecule has 0 amide bonds. The van der Waals surface area contributed by atoms with E-state index < -0.39 is 0 Å². The summed E-state index contributed by atoms with van der Waals surface area (Å²) in [4.78, 5) is 8.80. The minimum absolute atomic E-state index is 0.259. The number of aromatic nitrogens is 4. The van der Waals surface area contributed by atoms with Gasteiger partial charge in [-0.1, -0.05) is 17.3 Å². The Morgan fingerprint density at radius 1 is 1.12 bits per heavy atom. The van der Waals surface area contributed by atoms with E-state index in [1.165, 1.54) is 12.1 Å². The van der Waals surface area contributed by atoms with E-state index in [9.17, 15) is 4.39 Å². The zero-order valence-electron chi connectivity index (χ0n) is 13.1. The monoisotopic (exact) mass is 322 g/mol. The van der Waals surface area contributed by atoms with Crippen LogP contribution in [0.1, 0.15) is 18.4 Å². The van der Waals surface area contributed by atoms with Gasteiger partial charge in [0.2, 0.25) is 11.7 Å². The molecule has 120 valence electrons. The van der Waals surface area contributed by atoms with Gasteiger partial charge < -0.3 is 9.09 Å². The summed E-state index contributed by atoms with van der Waals surface area (Å²) in [5.74, 6) is 0.782. The van der Waals surface area contributed by atoms with Gasteiger partial charge in [0.25, 0.3) is 0 Å². The Morgan fingerprint density at radius 3 is 2.75 bits per heavy atom. The lowest BCUT2D eigenvalue weighted by molar-refractivity contribution is 0.385. The van der Waals surface area contributed by atoms with Gasteiger partial charge in [-0.2, -0.15) is 4.98 Å². The predicted octanol–water partition coefficient (Wildman–Crippen LogP) is 3.84. The Hall–Kier alpha value is -3.02. The standard InChI is InChI=1S/C18H15FN4O/c1-2-23-11-20-15-8-5-13(10-16(15)23)18-21-17(24-22-18)9-12-3-6-14(19)7-4-12/h3-8,10-11H,2,9H2,1H3. The van der Waals surface area contributed by atoms with Crippen molar-refractivity contribution in [1.29, 1.82) is 0 Å². The molecule has 2 aromatic heterocycles. The third-order valence-electron chi connectivity index (χ3n) is 3.96. The van der Waals surface area contributed by atoms with Crippen molar-refractivity contribution in [3.05, 3.63) is 66.1 Å². The minimum Gasteiger partial charge on any atom is -0.339 e. The summed E-state index contributed by atoms with van der Waals surface area (Å²) in [5, 5.41) is 4.06. The van der Waals surface area contributed by atoms with Gasteiger partial charge in [-0.05, 0) is 42.8 Å². The SMILES string of the molecule is CCn1cnc2ccc(-c3noc(Cc4ccc(F)cc4)n3)cc21. The summed E-state index contributed by atoms with van der Waals surface area (Å²) in [7, 11) is 0. The van der Waals surface area contributed by atoms with Crippen LogP contribution in [-0.4, -0.2) is 19.7 Å². The van der Waals surface area contributed by atoms with Gasteiger partial charge in [0, 0.05) is 12.1 Å². The van der Waals surface area contributed by atoms with E-state index in [2.05, 4.69) is 26.6 Å². The molecule has 5 nitrogen and oxygen atoms in total. The van der Waals surface area contributed by atoms with Crippen LogP contribution in [0, 0.1) is 5.82 Å². The third kappa shape index (κ3) is 2.67. The van der Waals surface area contributed by atoms with Crippen LogP contribution in [0.15, 0.2) is 53.3 Å². The summed E-state index contributed by atoms with van der Waals surface area (Å²) in [6.45, 7) is 2.92. The molecular weight excluding hydrogens is 307 g/mol. The fraction of sp³-hybridized carbons (Fsp3) is 0.167. The lowest BCUT2D eigenvalue weighted by Crippen LogP contribution is -1.91. The van der Waals surface area contributed by atoms with E-state index in [1.54, 1.807) is 12.1 Å². The number of hydrogen-bond donors (Lipinski definition) is 0. The Balaban J connectivity index is 1.63. The van der Waals surface area contributed by atoms with Crippen molar-refractivity contribution < 1.29 is 8.91 Å². The van der Waals surface area contributed by atoms with E-state index in [-0.39, 0.29) is 5.82 Å². The summed E-state index contributed by atoms with van der Waals surface area (Å²) in [6, 6.07) is 12.2. The van der Waals surface area contributed by atoms with E-state index in [4.69, 9.17) is 4.52 Å². The first-order chi connectivity index (χ1) is 11.7. The largest absolute Gasteiger partial charge is 0.339 e. The Kier molecular flexibility index (Phi) is 3.57. The lowest BCUT2D eigenvalue weighted by atomic mass is 10.1. The van der Waals surface area contributed by atoms with Crippen LogP contribution >= 0.6 is 0 Å². The number of halogens is 1. The second-order valence-corrected chi connectivity index (χ2v) is 5.55. The molecule has 6 heteroatoms. The second-order valence-electron chi connectivity index (χ2n) is 5.55. The highest BCUT2D eigenvalue weighted by atomic mass is 19.1. The normalized spacial score (nSPS) is 11.2. The highest BCUT2D eigenvalue weighted by molar-refractivity contribution is 5.80. The number of hydrogen-bond acceptors (Lipinski definition) is 4. The molecule has 0 saturated heterocycles. The zero-order chi connectivity index (χ0) is 16.5. The number of aryl methyl sites for hydroxylation is 1. The molecule has 0 atom stereocenters. The number of imidazole rings is 1. The highest BCUT2D eigenvalue weighted by Crippen LogP contribution is 2.22. The van der Waals surface area contributed by atoms with E-state index in [0.29, 0.717) is 18.1 Å². The molecule has 0 aliphatic heterocycles. The first kappa shape index (κ1) is 14.6. The van der Waals surface area contributed by atoms with Crippen LogP contribution < -0.4 is 0 Å². The lowest BCUT2D eigenvalue weighted by Gasteiger charge is -2.00. The average Bonchev–Trinajstić information content (AvgIpc) is 3.23. The number of nitrogens with zero attached hydrogens (tertiary/aromatic N) is 4. The van der Waals surface area contributed by atoms with Crippen molar-refractivity contribution in [3.63, 3.8) is 0 Å². The van der Waals surface area contributed by atoms with Crippen molar-refractivity contribution in [3.8, 4) is 11.4 Å². The first-order valence-corrected chi connectivity index (χ1v) is 7.75. The fourth-order valence-corrected chi connectivity index (χ4v) is 2.67. The van der Waals surface area contributed by atoms with E-state index in [1.807, 2.05) is 24.5 Å². The summed E-state index contributed by atoms with van der Waals surface area (Å²) in [5.41, 5.74) is 3.79. The molecule has 0 radical (unpaired) electrons. The number of rotatable bonds is 4. The molecule has 0 unspecified atom stereocenters. The van der Waals surface area contributed by atoms with Crippen molar-refractivity contribution in [2.75, 3.05) is 0 Å². The summed E-state index contributed by atoms with van der Waals surface area (Å²) >= 11 is 0. The zero-order valence-corrected chi connectivity index (χ0v) is 13.1. The van der Waals surface area contributed by atoms with Crippen molar-refractivity contribution in [1.82, 2.24) is 19.7 Å². The fourth-order valence-electron chi connectivity index (χ4n) is 2.67. The number of fused-ring (bicyclic) bond motifs is 1. The van der Waals surface area contributed by atoms with Crippen molar-refractivity contribution in [2.45, 2.75) is 19.9 Å². The molecule has 0 bridgehead atoms. The van der Waals surface area contributed by atoms with Gasteiger partial charge in [0.15, 0.2) is 0 Å². The molecular formula is C18H15FN4O. The smallest absolute Gasteiger partial charge is 0.231 e. The molecule has 4 rings (SSSR count). The predicted molar refractivity (Wildman–Crippen MR) is 87.9 cm³/mol. The summed E-state index contributed by atoms with van der Waals surface area (Å²) in [6.07, 6.45) is 2.30. The van der Waals surface area contributed by atoms with Gasteiger partial charge in [0.1, 0.15) is 5.82 Å². The molecule has 4 aromatic rings. The Morgan fingerprint density at radius 2 is 1.96 bits per heavy atom. The minimum atomic E-state index is -0.259. The third-order valence-corrected chi connectivity index (χ3v) is 3.96. The van der Waals surface area contributed by atoms with Gasteiger partial charge >= 0.3 is 0 Å². The Labute approximate surface area is 137 Å². The van der Waals surface area contributed by atoms with Crippen molar-refractivity contribution in [2.24, 2.45) is 0 Å². The van der Waals surface area contributed by atoms with Crippen LogP contribution in [0.3, 0.4) is 0 Å².